The second kappa shape index (κ2) is 7.46. The van der Waals surface area contributed by atoms with Crippen LogP contribution in [-0.4, -0.2) is 54.5 Å². The Morgan fingerprint density at radius 2 is 1.88 bits per heavy atom. The number of carbonyl (C=O) groups excluding carboxylic acids is 2. The van der Waals surface area contributed by atoms with Crippen LogP contribution in [0.1, 0.15) is 44.6 Å². The molecule has 0 bridgehead atoms. The molecule has 136 valence electrons. The topological polar surface area (TPSA) is 52.7 Å². The molecule has 1 spiro atoms. The van der Waals surface area contributed by atoms with E-state index in [4.69, 9.17) is 0 Å². The molecule has 0 saturated carbocycles. The minimum atomic E-state index is -0.0501. The van der Waals surface area contributed by atoms with Crippen molar-refractivity contribution in [2.75, 3.05) is 32.7 Å². The largest absolute Gasteiger partial charge is 0.342 e. The van der Waals surface area contributed by atoms with Crippen LogP contribution in [-0.2, 0) is 4.79 Å². The fourth-order valence-electron chi connectivity index (χ4n) is 4.31. The first-order valence-electron chi connectivity index (χ1n) is 9.45. The van der Waals surface area contributed by atoms with Crippen molar-refractivity contribution < 1.29 is 9.59 Å². The van der Waals surface area contributed by atoms with E-state index in [1.807, 2.05) is 34.9 Å². The van der Waals surface area contributed by atoms with Gasteiger partial charge >= 0.3 is 6.03 Å². The maximum Gasteiger partial charge on any atom is 0.317 e. The van der Waals surface area contributed by atoms with Gasteiger partial charge in [-0.1, -0.05) is 30.3 Å². The van der Waals surface area contributed by atoms with Gasteiger partial charge in [0.1, 0.15) is 0 Å². The number of hydrogen-bond acceptors (Lipinski definition) is 2. The van der Waals surface area contributed by atoms with Crippen LogP contribution in [0.3, 0.4) is 0 Å². The summed E-state index contributed by atoms with van der Waals surface area (Å²) in [6.45, 7) is 7.80. The quantitative estimate of drug-likeness (QED) is 0.917. The van der Waals surface area contributed by atoms with Crippen molar-refractivity contribution in [3.63, 3.8) is 0 Å². The number of hydrogen-bond donors (Lipinski definition) is 1. The third-order valence-corrected chi connectivity index (χ3v) is 5.80. The molecule has 3 rings (SSSR count). The predicted octanol–water partition coefficient (Wildman–Crippen LogP) is 2.83. The molecule has 0 aromatic heterocycles. The first-order valence-corrected chi connectivity index (χ1v) is 9.45. The molecule has 2 aliphatic heterocycles. The van der Waals surface area contributed by atoms with Gasteiger partial charge in [0.2, 0.25) is 5.91 Å². The number of amides is 3. The lowest BCUT2D eigenvalue weighted by Crippen LogP contribution is -2.55. The van der Waals surface area contributed by atoms with Gasteiger partial charge in [-0.05, 0) is 44.1 Å². The number of urea groups is 1. The summed E-state index contributed by atoms with van der Waals surface area (Å²) in [6, 6.07) is 10.2. The van der Waals surface area contributed by atoms with E-state index in [9.17, 15) is 9.59 Å². The number of carbonyl (C=O) groups is 2. The van der Waals surface area contributed by atoms with E-state index < -0.39 is 0 Å². The molecular weight excluding hydrogens is 314 g/mol. The standard InChI is InChI=1S/C20H29N3O2/c1-3-21-19(25)23-12-10-20(11-13-23)14-17(16-8-6-5-7-9-16)18(24)22(4-2)15-20/h5-9,17H,3-4,10-15H2,1-2H3,(H,21,25)/t17-/m0/s1. The Hall–Kier alpha value is -2.04. The molecule has 5 nitrogen and oxygen atoms in total. The highest BCUT2D eigenvalue weighted by Gasteiger charge is 2.46. The van der Waals surface area contributed by atoms with Gasteiger partial charge in [0.25, 0.3) is 0 Å². The maximum absolute atomic E-state index is 12.9. The summed E-state index contributed by atoms with van der Waals surface area (Å²) >= 11 is 0. The molecule has 2 heterocycles. The van der Waals surface area contributed by atoms with Crippen molar-refractivity contribution >= 4 is 11.9 Å². The molecule has 1 atom stereocenters. The van der Waals surface area contributed by atoms with Gasteiger partial charge in [0.05, 0.1) is 5.92 Å². The minimum absolute atomic E-state index is 0.0381. The predicted molar refractivity (Wildman–Crippen MR) is 98.4 cm³/mol. The Morgan fingerprint density at radius 1 is 1.20 bits per heavy atom. The number of nitrogens with zero attached hydrogens (tertiary/aromatic N) is 2. The highest BCUT2D eigenvalue weighted by Crippen LogP contribution is 2.45. The summed E-state index contributed by atoms with van der Waals surface area (Å²) in [6.07, 6.45) is 2.84. The van der Waals surface area contributed by atoms with E-state index in [-0.39, 0.29) is 23.3 Å². The lowest BCUT2D eigenvalue weighted by atomic mass is 9.67. The molecule has 2 aliphatic rings. The van der Waals surface area contributed by atoms with Crippen molar-refractivity contribution in [1.82, 2.24) is 15.1 Å². The van der Waals surface area contributed by atoms with Gasteiger partial charge in [0, 0.05) is 32.7 Å². The molecule has 0 radical (unpaired) electrons. The van der Waals surface area contributed by atoms with Crippen LogP contribution in [0.15, 0.2) is 30.3 Å². The number of piperidine rings is 2. The molecule has 2 fully saturated rings. The van der Waals surface area contributed by atoms with Crippen LogP contribution >= 0.6 is 0 Å². The van der Waals surface area contributed by atoms with Gasteiger partial charge < -0.3 is 15.1 Å². The smallest absolute Gasteiger partial charge is 0.317 e. The fourth-order valence-corrected chi connectivity index (χ4v) is 4.31. The van der Waals surface area contributed by atoms with Gasteiger partial charge in [0.15, 0.2) is 0 Å². The Kier molecular flexibility index (Phi) is 5.30. The van der Waals surface area contributed by atoms with Crippen molar-refractivity contribution in [3.8, 4) is 0 Å². The number of likely N-dealkylation sites (tertiary alicyclic amines) is 2. The second-order valence-corrected chi connectivity index (χ2v) is 7.34. The summed E-state index contributed by atoms with van der Waals surface area (Å²) in [5.74, 6) is 0.205. The molecule has 1 aromatic rings. The highest BCUT2D eigenvalue weighted by atomic mass is 16.2. The monoisotopic (exact) mass is 343 g/mol. The Bertz CT molecular complexity index is 609. The zero-order valence-electron chi connectivity index (χ0n) is 15.3. The number of benzene rings is 1. The summed E-state index contributed by atoms with van der Waals surface area (Å²) in [5.41, 5.74) is 1.25. The molecule has 25 heavy (non-hydrogen) atoms. The van der Waals surface area contributed by atoms with Crippen molar-refractivity contribution in [2.24, 2.45) is 5.41 Å². The number of likely N-dealkylation sites (N-methyl/N-ethyl adjacent to an activating group) is 1. The molecular formula is C20H29N3O2. The number of rotatable bonds is 3. The summed E-state index contributed by atoms with van der Waals surface area (Å²) in [7, 11) is 0. The van der Waals surface area contributed by atoms with Crippen molar-refractivity contribution in [3.05, 3.63) is 35.9 Å². The highest BCUT2D eigenvalue weighted by molar-refractivity contribution is 5.84. The van der Waals surface area contributed by atoms with Crippen molar-refractivity contribution in [2.45, 2.75) is 39.0 Å². The fraction of sp³-hybridized carbons (Fsp3) is 0.600. The van der Waals surface area contributed by atoms with E-state index in [2.05, 4.69) is 24.4 Å². The van der Waals surface area contributed by atoms with E-state index in [0.717, 1.165) is 51.0 Å². The minimum Gasteiger partial charge on any atom is -0.342 e. The lowest BCUT2D eigenvalue weighted by molar-refractivity contribution is -0.141. The maximum atomic E-state index is 12.9. The van der Waals surface area contributed by atoms with Crippen LogP contribution < -0.4 is 5.32 Å². The van der Waals surface area contributed by atoms with Gasteiger partial charge in [-0.2, -0.15) is 0 Å². The Morgan fingerprint density at radius 3 is 2.48 bits per heavy atom. The van der Waals surface area contributed by atoms with E-state index in [1.165, 1.54) is 0 Å². The van der Waals surface area contributed by atoms with Gasteiger partial charge in [-0.15, -0.1) is 0 Å². The van der Waals surface area contributed by atoms with Crippen LogP contribution in [0.2, 0.25) is 0 Å². The van der Waals surface area contributed by atoms with Crippen LogP contribution in [0.5, 0.6) is 0 Å². The molecule has 1 aromatic carbocycles. The number of nitrogens with one attached hydrogen (secondary N) is 1. The van der Waals surface area contributed by atoms with Crippen molar-refractivity contribution in [1.29, 1.82) is 0 Å². The first kappa shape index (κ1) is 17.8. The zero-order chi connectivity index (χ0) is 17.9. The molecule has 5 heteroatoms. The molecule has 2 saturated heterocycles. The molecule has 1 N–H and O–H groups in total. The Balaban J connectivity index is 1.76. The molecule has 0 unspecified atom stereocenters. The summed E-state index contributed by atoms with van der Waals surface area (Å²) in [5, 5.41) is 2.89. The summed E-state index contributed by atoms with van der Waals surface area (Å²) < 4.78 is 0. The van der Waals surface area contributed by atoms with Crippen LogP contribution in [0.4, 0.5) is 4.79 Å². The van der Waals surface area contributed by atoms with E-state index >= 15 is 0 Å². The first-order chi connectivity index (χ1) is 12.1. The van der Waals surface area contributed by atoms with E-state index in [1.54, 1.807) is 0 Å². The average Bonchev–Trinajstić information content (AvgIpc) is 2.65. The second-order valence-electron chi connectivity index (χ2n) is 7.34. The zero-order valence-corrected chi connectivity index (χ0v) is 15.3. The Labute approximate surface area is 150 Å². The van der Waals surface area contributed by atoms with E-state index in [0.29, 0.717) is 6.54 Å². The normalized spacial score (nSPS) is 23.0. The molecule has 3 amide bonds. The van der Waals surface area contributed by atoms with Crippen LogP contribution in [0, 0.1) is 5.41 Å². The van der Waals surface area contributed by atoms with Gasteiger partial charge in [-0.3, -0.25) is 4.79 Å². The van der Waals surface area contributed by atoms with Crippen LogP contribution in [0.25, 0.3) is 0 Å². The third-order valence-electron chi connectivity index (χ3n) is 5.80. The third kappa shape index (κ3) is 3.65. The lowest BCUT2D eigenvalue weighted by Gasteiger charge is -2.49. The molecule has 0 aliphatic carbocycles. The van der Waals surface area contributed by atoms with Gasteiger partial charge in [-0.25, -0.2) is 4.79 Å². The summed E-state index contributed by atoms with van der Waals surface area (Å²) in [4.78, 5) is 28.9. The SMILES string of the molecule is CCNC(=O)N1CCC2(CC1)C[C@@H](c1ccccc1)C(=O)N(CC)C2. The average molecular weight is 343 g/mol.